The third-order valence-corrected chi connectivity index (χ3v) is 3.47. The van der Waals surface area contributed by atoms with Gasteiger partial charge in [-0.1, -0.05) is 13.8 Å². The molecule has 1 rings (SSSR count). The summed E-state index contributed by atoms with van der Waals surface area (Å²) in [7, 11) is 0. The molecule has 1 aliphatic heterocycles. The Morgan fingerprint density at radius 1 is 1.50 bits per heavy atom. The third kappa shape index (κ3) is 4.92. The van der Waals surface area contributed by atoms with Crippen molar-refractivity contribution >= 4 is 5.91 Å². The molecule has 0 bridgehead atoms. The van der Waals surface area contributed by atoms with Gasteiger partial charge in [0.05, 0.1) is 0 Å². The Morgan fingerprint density at radius 2 is 2.22 bits per heavy atom. The van der Waals surface area contributed by atoms with Gasteiger partial charge in [-0.05, 0) is 18.8 Å². The summed E-state index contributed by atoms with van der Waals surface area (Å²) in [6.45, 7) is 7.37. The molecule has 1 aliphatic rings. The van der Waals surface area contributed by atoms with Crippen LogP contribution in [-0.4, -0.2) is 54.7 Å². The van der Waals surface area contributed by atoms with Gasteiger partial charge in [0.2, 0.25) is 5.91 Å². The summed E-state index contributed by atoms with van der Waals surface area (Å²) in [6, 6.07) is 0.191. The second kappa shape index (κ2) is 7.71. The Bertz CT molecular complexity index is 245. The smallest absolute Gasteiger partial charge is 0.222 e. The van der Waals surface area contributed by atoms with Gasteiger partial charge in [0.15, 0.2) is 0 Å². The highest BCUT2D eigenvalue weighted by Crippen LogP contribution is 2.19. The van der Waals surface area contributed by atoms with Crippen molar-refractivity contribution in [3.8, 4) is 0 Å². The van der Waals surface area contributed by atoms with Crippen LogP contribution in [0.2, 0.25) is 0 Å². The highest BCUT2D eigenvalue weighted by molar-refractivity contribution is 5.78. The predicted molar refractivity (Wildman–Crippen MR) is 72.1 cm³/mol. The summed E-state index contributed by atoms with van der Waals surface area (Å²) < 4.78 is 0. The van der Waals surface area contributed by atoms with Crippen molar-refractivity contribution in [2.24, 2.45) is 17.6 Å². The maximum absolute atomic E-state index is 11.7. The summed E-state index contributed by atoms with van der Waals surface area (Å²) in [5.74, 6) is 0.580. The summed E-state index contributed by atoms with van der Waals surface area (Å²) in [5, 5.41) is 12.2. The van der Waals surface area contributed by atoms with Crippen molar-refractivity contribution in [2.75, 3.05) is 32.8 Å². The number of rotatable bonds is 6. The number of carbonyl (C=O) groups excluding carboxylic acids is 1. The first-order chi connectivity index (χ1) is 8.56. The zero-order valence-electron chi connectivity index (χ0n) is 11.6. The number of aliphatic hydroxyl groups excluding tert-OH is 1. The monoisotopic (exact) mass is 257 g/mol. The molecule has 2 unspecified atom stereocenters. The molecule has 1 amide bonds. The number of piperidine rings is 1. The van der Waals surface area contributed by atoms with Gasteiger partial charge in [0, 0.05) is 44.7 Å². The fourth-order valence-corrected chi connectivity index (χ4v) is 2.53. The first-order valence-corrected chi connectivity index (χ1v) is 6.90. The quantitative estimate of drug-likeness (QED) is 0.615. The zero-order chi connectivity index (χ0) is 13.5. The topological polar surface area (TPSA) is 78.6 Å². The molecule has 5 heteroatoms. The highest BCUT2D eigenvalue weighted by atomic mass is 16.3. The highest BCUT2D eigenvalue weighted by Gasteiger charge is 2.27. The van der Waals surface area contributed by atoms with Crippen LogP contribution in [0, 0.1) is 11.8 Å². The molecular weight excluding hydrogens is 230 g/mol. The molecule has 0 radical (unpaired) electrons. The van der Waals surface area contributed by atoms with Crippen molar-refractivity contribution in [1.29, 1.82) is 0 Å². The number of nitrogens with zero attached hydrogens (tertiary/aromatic N) is 1. The normalized spacial score (nSPS) is 25.4. The number of aliphatic hydroxyl groups is 1. The van der Waals surface area contributed by atoms with Crippen LogP contribution in [0.5, 0.6) is 0 Å². The van der Waals surface area contributed by atoms with Crippen molar-refractivity contribution in [3.05, 3.63) is 0 Å². The standard InChI is InChI=1S/C13H27N3O2/c1-10(2)13(18)15-12-7-11(3-6-17)8-16(9-12)5-4-14/h10-12,17H,3-9,14H2,1-2H3,(H,15,18). The van der Waals surface area contributed by atoms with Crippen molar-refractivity contribution < 1.29 is 9.90 Å². The third-order valence-electron chi connectivity index (χ3n) is 3.47. The van der Waals surface area contributed by atoms with E-state index in [0.717, 1.165) is 32.5 Å². The summed E-state index contributed by atoms with van der Waals surface area (Å²) in [6.07, 6.45) is 1.76. The van der Waals surface area contributed by atoms with Gasteiger partial charge in [-0.2, -0.15) is 0 Å². The fourth-order valence-electron chi connectivity index (χ4n) is 2.53. The second-order valence-corrected chi connectivity index (χ2v) is 5.52. The van der Waals surface area contributed by atoms with Gasteiger partial charge in [-0.3, -0.25) is 9.69 Å². The number of hydrogen-bond donors (Lipinski definition) is 3. The maximum Gasteiger partial charge on any atom is 0.222 e. The Kier molecular flexibility index (Phi) is 6.60. The first kappa shape index (κ1) is 15.4. The van der Waals surface area contributed by atoms with Crippen LogP contribution < -0.4 is 11.1 Å². The van der Waals surface area contributed by atoms with Crippen molar-refractivity contribution in [3.63, 3.8) is 0 Å². The Balaban J connectivity index is 2.52. The van der Waals surface area contributed by atoms with Gasteiger partial charge < -0.3 is 16.2 Å². The molecule has 0 aromatic carbocycles. The SMILES string of the molecule is CC(C)C(=O)NC1CC(CCO)CN(CCN)C1. The van der Waals surface area contributed by atoms with Crippen LogP contribution in [-0.2, 0) is 4.79 Å². The maximum atomic E-state index is 11.7. The molecule has 1 fully saturated rings. The molecular formula is C13H27N3O2. The average molecular weight is 257 g/mol. The number of amides is 1. The number of likely N-dealkylation sites (tertiary alicyclic amines) is 1. The van der Waals surface area contributed by atoms with E-state index >= 15 is 0 Å². The van der Waals surface area contributed by atoms with Crippen LogP contribution in [0.25, 0.3) is 0 Å². The van der Waals surface area contributed by atoms with Crippen molar-refractivity contribution in [1.82, 2.24) is 10.2 Å². The molecule has 4 N–H and O–H groups in total. The second-order valence-electron chi connectivity index (χ2n) is 5.52. The molecule has 1 saturated heterocycles. The lowest BCUT2D eigenvalue weighted by Crippen LogP contribution is -2.52. The minimum Gasteiger partial charge on any atom is -0.396 e. The molecule has 18 heavy (non-hydrogen) atoms. The van der Waals surface area contributed by atoms with E-state index in [-0.39, 0.29) is 24.5 Å². The molecule has 0 spiro atoms. The zero-order valence-corrected chi connectivity index (χ0v) is 11.6. The van der Waals surface area contributed by atoms with Gasteiger partial charge in [0.25, 0.3) is 0 Å². The Labute approximate surface area is 110 Å². The lowest BCUT2D eigenvalue weighted by atomic mass is 9.91. The van der Waals surface area contributed by atoms with Gasteiger partial charge in [-0.15, -0.1) is 0 Å². The van der Waals surface area contributed by atoms with Gasteiger partial charge in [-0.25, -0.2) is 0 Å². The van der Waals surface area contributed by atoms with E-state index in [1.54, 1.807) is 0 Å². The van der Waals surface area contributed by atoms with E-state index in [1.165, 1.54) is 0 Å². The Morgan fingerprint density at radius 3 is 2.78 bits per heavy atom. The van der Waals surface area contributed by atoms with E-state index in [9.17, 15) is 4.79 Å². The minimum atomic E-state index is 0.0196. The molecule has 2 atom stereocenters. The molecule has 0 aromatic rings. The van der Waals surface area contributed by atoms with E-state index in [1.807, 2.05) is 13.8 Å². The van der Waals surface area contributed by atoms with Gasteiger partial charge in [0.1, 0.15) is 0 Å². The summed E-state index contributed by atoms with van der Waals surface area (Å²) in [4.78, 5) is 14.0. The molecule has 0 aliphatic carbocycles. The minimum absolute atomic E-state index is 0.0196. The van der Waals surface area contributed by atoms with E-state index < -0.39 is 0 Å². The van der Waals surface area contributed by atoms with E-state index in [2.05, 4.69) is 10.2 Å². The van der Waals surface area contributed by atoms with E-state index in [4.69, 9.17) is 10.8 Å². The number of nitrogens with one attached hydrogen (secondary N) is 1. The molecule has 0 saturated carbocycles. The van der Waals surface area contributed by atoms with Crippen molar-refractivity contribution in [2.45, 2.75) is 32.7 Å². The summed E-state index contributed by atoms with van der Waals surface area (Å²) >= 11 is 0. The van der Waals surface area contributed by atoms with Crippen LogP contribution in [0.15, 0.2) is 0 Å². The number of hydrogen-bond acceptors (Lipinski definition) is 4. The van der Waals surface area contributed by atoms with Crippen LogP contribution in [0.3, 0.4) is 0 Å². The average Bonchev–Trinajstić information content (AvgIpc) is 2.29. The van der Waals surface area contributed by atoms with Gasteiger partial charge >= 0.3 is 0 Å². The lowest BCUT2D eigenvalue weighted by molar-refractivity contribution is -0.125. The predicted octanol–water partition coefficient (Wildman–Crippen LogP) is -0.210. The molecule has 1 heterocycles. The lowest BCUT2D eigenvalue weighted by Gasteiger charge is -2.38. The van der Waals surface area contributed by atoms with E-state index in [0.29, 0.717) is 12.5 Å². The molecule has 5 nitrogen and oxygen atoms in total. The summed E-state index contributed by atoms with van der Waals surface area (Å²) in [5.41, 5.74) is 5.60. The number of nitrogens with two attached hydrogens (primary N) is 1. The van der Waals surface area contributed by atoms with Crippen LogP contribution >= 0.6 is 0 Å². The van der Waals surface area contributed by atoms with Crippen LogP contribution in [0.4, 0.5) is 0 Å². The number of carbonyl (C=O) groups is 1. The largest absolute Gasteiger partial charge is 0.396 e. The molecule has 106 valence electrons. The fraction of sp³-hybridized carbons (Fsp3) is 0.923. The first-order valence-electron chi connectivity index (χ1n) is 6.90. The molecule has 0 aromatic heterocycles. The van der Waals surface area contributed by atoms with Crippen LogP contribution in [0.1, 0.15) is 26.7 Å². The Hall–Kier alpha value is -0.650.